The minimum atomic E-state index is 0.542. The van der Waals surface area contributed by atoms with Crippen molar-refractivity contribution in [2.75, 3.05) is 13.7 Å². The average Bonchev–Trinajstić information content (AvgIpc) is 2.54. The van der Waals surface area contributed by atoms with Crippen LogP contribution in [0.5, 0.6) is 0 Å². The van der Waals surface area contributed by atoms with Gasteiger partial charge in [-0.25, -0.2) is 0 Å². The minimum Gasteiger partial charge on any atom is -0.383 e. The van der Waals surface area contributed by atoms with Crippen LogP contribution in [-0.2, 0) is 4.74 Å². The molecule has 14 heavy (non-hydrogen) atoms. The standard InChI is InChI=1S/C12H21NO/c1-3-10(8-14-2)13-12-7-9-5-4-6-11(9)12/h4,6,9-13H,3,5,7-8H2,1-2H3. The number of methoxy groups -OCH3 is 1. The van der Waals surface area contributed by atoms with Gasteiger partial charge in [0.2, 0.25) is 0 Å². The first kappa shape index (κ1) is 10.2. The second-order valence-corrected chi connectivity index (χ2v) is 4.57. The molecular formula is C12H21NO. The molecule has 1 saturated carbocycles. The Labute approximate surface area is 86.7 Å². The van der Waals surface area contributed by atoms with Gasteiger partial charge in [-0.3, -0.25) is 0 Å². The summed E-state index contributed by atoms with van der Waals surface area (Å²) in [5.41, 5.74) is 0. The molecule has 0 aromatic rings. The molecule has 4 unspecified atom stereocenters. The number of nitrogens with one attached hydrogen (secondary N) is 1. The molecule has 1 fully saturated rings. The highest BCUT2D eigenvalue weighted by atomic mass is 16.5. The molecule has 0 aromatic carbocycles. The van der Waals surface area contributed by atoms with Crippen molar-refractivity contribution in [1.82, 2.24) is 5.32 Å². The maximum atomic E-state index is 5.20. The molecule has 0 bridgehead atoms. The molecule has 0 radical (unpaired) electrons. The van der Waals surface area contributed by atoms with E-state index >= 15 is 0 Å². The van der Waals surface area contributed by atoms with Crippen molar-refractivity contribution in [1.29, 1.82) is 0 Å². The third-order valence-electron chi connectivity index (χ3n) is 3.67. The summed E-state index contributed by atoms with van der Waals surface area (Å²) >= 11 is 0. The second-order valence-electron chi connectivity index (χ2n) is 4.57. The lowest BCUT2D eigenvalue weighted by atomic mass is 9.71. The summed E-state index contributed by atoms with van der Waals surface area (Å²) in [5.74, 6) is 1.77. The highest BCUT2D eigenvalue weighted by Crippen LogP contribution is 2.42. The van der Waals surface area contributed by atoms with Gasteiger partial charge in [0.25, 0.3) is 0 Å². The van der Waals surface area contributed by atoms with Crippen molar-refractivity contribution in [3.63, 3.8) is 0 Å². The minimum absolute atomic E-state index is 0.542. The lowest BCUT2D eigenvalue weighted by Crippen LogP contribution is -2.52. The van der Waals surface area contributed by atoms with E-state index in [-0.39, 0.29) is 0 Å². The van der Waals surface area contributed by atoms with Crippen molar-refractivity contribution in [2.24, 2.45) is 11.8 Å². The summed E-state index contributed by atoms with van der Waals surface area (Å²) in [7, 11) is 1.78. The van der Waals surface area contributed by atoms with Gasteiger partial charge in [0.1, 0.15) is 0 Å². The van der Waals surface area contributed by atoms with Crippen molar-refractivity contribution < 1.29 is 4.74 Å². The van der Waals surface area contributed by atoms with Crippen molar-refractivity contribution in [3.05, 3.63) is 12.2 Å². The summed E-state index contributed by atoms with van der Waals surface area (Å²) < 4.78 is 5.20. The molecule has 2 aliphatic rings. The molecule has 2 rings (SSSR count). The van der Waals surface area contributed by atoms with Crippen LogP contribution in [0.4, 0.5) is 0 Å². The van der Waals surface area contributed by atoms with Crippen molar-refractivity contribution in [3.8, 4) is 0 Å². The second kappa shape index (κ2) is 4.45. The van der Waals surface area contributed by atoms with Gasteiger partial charge in [0, 0.05) is 19.2 Å². The van der Waals surface area contributed by atoms with E-state index in [0.717, 1.165) is 30.9 Å². The van der Waals surface area contributed by atoms with Crippen LogP contribution in [0, 0.1) is 11.8 Å². The fraction of sp³-hybridized carbons (Fsp3) is 0.833. The van der Waals surface area contributed by atoms with Crippen molar-refractivity contribution in [2.45, 2.75) is 38.3 Å². The fourth-order valence-electron chi connectivity index (χ4n) is 2.70. The van der Waals surface area contributed by atoms with E-state index < -0.39 is 0 Å². The highest BCUT2D eigenvalue weighted by molar-refractivity contribution is 5.13. The Balaban J connectivity index is 1.77. The van der Waals surface area contributed by atoms with E-state index in [1.807, 2.05) is 0 Å². The molecule has 0 saturated heterocycles. The molecule has 0 aromatic heterocycles. The molecule has 2 nitrogen and oxygen atoms in total. The molecule has 0 heterocycles. The summed E-state index contributed by atoms with van der Waals surface area (Å²) in [4.78, 5) is 0. The molecule has 80 valence electrons. The molecule has 2 heteroatoms. The number of hydrogen-bond donors (Lipinski definition) is 1. The fourth-order valence-corrected chi connectivity index (χ4v) is 2.70. The Morgan fingerprint density at radius 1 is 1.57 bits per heavy atom. The molecule has 1 N–H and O–H groups in total. The quantitative estimate of drug-likeness (QED) is 0.677. The maximum Gasteiger partial charge on any atom is 0.0615 e. The average molecular weight is 195 g/mol. The SMILES string of the molecule is CCC(COC)NC1CC2CC=CC21. The van der Waals surface area contributed by atoms with E-state index in [1.165, 1.54) is 12.8 Å². The van der Waals surface area contributed by atoms with Crippen LogP contribution in [0.2, 0.25) is 0 Å². The van der Waals surface area contributed by atoms with Crippen molar-refractivity contribution >= 4 is 0 Å². The Kier molecular flexibility index (Phi) is 3.24. The first-order valence-corrected chi connectivity index (χ1v) is 5.76. The van der Waals surface area contributed by atoms with Crippen LogP contribution in [0.15, 0.2) is 12.2 Å². The van der Waals surface area contributed by atoms with Crippen LogP contribution in [0.3, 0.4) is 0 Å². The first-order valence-electron chi connectivity index (χ1n) is 5.76. The summed E-state index contributed by atoms with van der Waals surface area (Å²) in [6.45, 7) is 3.06. The third-order valence-corrected chi connectivity index (χ3v) is 3.67. The van der Waals surface area contributed by atoms with Gasteiger partial charge < -0.3 is 10.1 Å². The predicted octanol–water partition coefficient (Wildman–Crippen LogP) is 1.97. The number of fused-ring (bicyclic) bond motifs is 1. The summed E-state index contributed by atoms with van der Waals surface area (Å²) in [6, 6.07) is 1.26. The normalized spacial score (nSPS) is 36.6. The number of rotatable bonds is 5. The van der Waals surface area contributed by atoms with E-state index in [2.05, 4.69) is 24.4 Å². The molecule has 0 amide bonds. The topological polar surface area (TPSA) is 21.3 Å². The van der Waals surface area contributed by atoms with Crippen LogP contribution >= 0.6 is 0 Å². The zero-order chi connectivity index (χ0) is 9.97. The van der Waals surface area contributed by atoms with Crippen LogP contribution in [-0.4, -0.2) is 25.8 Å². The summed E-state index contributed by atoms with van der Waals surface area (Å²) in [5, 5.41) is 3.70. The van der Waals surface area contributed by atoms with E-state index in [0.29, 0.717) is 6.04 Å². The van der Waals surface area contributed by atoms with Gasteiger partial charge in [-0.15, -0.1) is 0 Å². The van der Waals surface area contributed by atoms with Gasteiger partial charge in [0.15, 0.2) is 0 Å². The molecule has 4 atom stereocenters. The maximum absolute atomic E-state index is 5.20. The lowest BCUT2D eigenvalue weighted by molar-refractivity contribution is 0.109. The van der Waals surface area contributed by atoms with E-state index in [1.54, 1.807) is 7.11 Å². The van der Waals surface area contributed by atoms with E-state index in [9.17, 15) is 0 Å². The molecule has 0 aliphatic heterocycles. The Bertz CT molecular complexity index is 214. The highest BCUT2D eigenvalue weighted by Gasteiger charge is 2.41. The Morgan fingerprint density at radius 2 is 2.43 bits per heavy atom. The zero-order valence-electron chi connectivity index (χ0n) is 9.20. The van der Waals surface area contributed by atoms with Gasteiger partial charge in [-0.2, -0.15) is 0 Å². The first-order chi connectivity index (χ1) is 6.85. The number of hydrogen-bond acceptors (Lipinski definition) is 2. The third kappa shape index (κ3) is 1.86. The van der Waals surface area contributed by atoms with E-state index in [4.69, 9.17) is 4.74 Å². The van der Waals surface area contributed by atoms with Crippen LogP contribution < -0.4 is 5.32 Å². The van der Waals surface area contributed by atoms with Crippen LogP contribution in [0.25, 0.3) is 0 Å². The number of allylic oxidation sites excluding steroid dienone is 1. The number of ether oxygens (including phenoxy) is 1. The molecular weight excluding hydrogens is 174 g/mol. The zero-order valence-corrected chi connectivity index (χ0v) is 9.20. The van der Waals surface area contributed by atoms with Crippen LogP contribution in [0.1, 0.15) is 26.2 Å². The Hall–Kier alpha value is -0.340. The summed E-state index contributed by atoms with van der Waals surface area (Å²) in [6.07, 6.45) is 8.56. The molecule has 2 aliphatic carbocycles. The van der Waals surface area contributed by atoms with Gasteiger partial charge in [-0.05, 0) is 31.1 Å². The van der Waals surface area contributed by atoms with Gasteiger partial charge in [0.05, 0.1) is 6.61 Å². The molecule has 0 spiro atoms. The predicted molar refractivity (Wildman–Crippen MR) is 58.2 cm³/mol. The Morgan fingerprint density at radius 3 is 3.07 bits per heavy atom. The largest absolute Gasteiger partial charge is 0.383 e. The lowest BCUT2D eigenvalue weighted by Gasteiger charge is -2.42. The smallest absolute Gasteiger partial charge is 0.0615 e. The monoisotopic (exact) mass is 195 g/mol. The van der Waals surface area contributed by atoms with Gasteiger partial charge in [-0.1, -0.05) is 19.1 Å². The van der Waals surface area contributed by atoms with Gasteiger partial charge >= 0.3 is 0 Å².